The van der Waals surface area contributed by atoms with E-state index in [0.29, 0.717) is 44.4 Å². The van der Waals surface area contributed by atoms with Gasteiger partial charge in [0.1, 0.15) is 42.3 Å². The normalized spacial score (nSPS) is 14.8. The van der Waals surface area contributed by atoms with Crippen molar-refractivity contribution in [3.8, 4) is 0 Å². The lowest BCUT2D eigenvalue weighted by Gasteiger charge is -2.25. The van der Waals surface area contributed by atoms with Gasteiger partial charge < -0.3 is 85.5 Å². The molecule has 19 N–H and O–H groups in total. The van der Waals surface area contributed by atoms with Gasteiger partial charge in [0.15, 0.2) is 0 Å². The highest BCUT2D eigenvalue weighted by atomic mass is 32.2. The van der Waals surface area contributed by atoms with Crippen LogP contribution in [0.5, 0.6) is 0 Å². The first-order chi connectivity index (χ1) is 33.8. The second kappa shape index (κ2) is 35.9. The monoisotopic (exact) mass is 1050 g/mol. The van der Waals surface area contributed by atoms with Gasteiger partial charge in [0.25, 0.3) is 0 Å². The summed E-state index contributed by atoms with van der Waals surface area (Å²) in [6.07, 6.45) is 0.558. The molecule has 0 radical (unpaired) electrons. The summed E-state index contributed by atoms with van der Waals surface area (Å²) >= 11 is 1.40. The molecule has 0 saturated carbocycles. The molecule has 410 valence electrons. The van der Waals surface area contributed by atoms with Crippen molar-refractivity contribution in [2.24, 2.45) is 23.1 Å². The van der Waals surface area contributed by atoms with Gasteiger partial charge in [0, 0.05) is 6.42 Å². The number of aliphatic carboxylic acids is 3. The summed E-state index contributed by atoms with van der Waals surface area (Å²) in [7, 11) is 0. The molecule has 9 atom stereocenters. The van der Waals surface area contributed by atoms with E-state index < -0.39 is 158 Å². The quantitative estimate of drug-likeness (QED) is 0.0257. The number of unbranched alkanes of at least 4 members (excludes halogenated alkanes) is 2. The number of carbonyl (C=O) groups is 12. The van der Waals surface area contributed by atoms with E-state index in [1.165, 1.54) is 18.7 Å². The molecule has 0 aliphatic rings. The third kappa shape index (κ3) is 28.0. The number of rotatable bonds is 38. The van der Waals surface area contributed by atoms with Gasteiger partial charge in [0.05, 0.1) is 31.7 Å². The third-order valence-electron chi connectivity index (χ3n) is 10.4. The van der Waals surface area contributed by atoms with Crippen molar-refractivity contribution < 1.29 is 78.0 Å². The maximum Gasteiger partial charge on any atom is 0.326 e. The Morgan fingerprint density at radius 2 is 1.01 bits per heavy atom. The molecule has 29 heteroatoms. The van der Waals surface area contributed by atoms with Crippen molar-refractivity contribution in [3.63, 3.8) is 0 Å². The van der Waals surface area contributed by atoms with Gasteiger partial charge in [-0.15, -0.1) is 0 Å². The van der Waals surface area contributed by atoms with Crippen molar-refractivity contribution in [2.75, 3.05) is 38.2 Å². The molecule has 0 spiro atoms. The molecule has 28 nitrogen and oxygen atoms in total. The van der Waals surface area contributed by atoms with Gasteiger partial charge >= 0.3 is 17.9 Å². The van der Waals surface area contributed by atoms with Crippen molar-refractivity contribution in [2.45, 2.75) is 153 Å². The van der Waals surface area contributed by atoms with Crippen LogP contribution in [-0.2, 0) is 57.5 Å². The third-order valence-corrected chi connectivity index (χ3v) is 11.1. The number of thioether (sulfide) groups is 1. The van der Waals surface area contributed by atoms with Gasteiger partial charge in [-0.1, -0.05) is 20.3 Å². The molecule has 9 amide bonds. The predicted molar refractivity (Wildman–Crippen MR) is 260 cm³/mol. The molecule has 0 fully saturated rings. The number of aliphatic hydroxyl groups excluding tert-OH is 1. The molecule has 0 unspecified atom stereocenters. The number of hydrogen-bond acceptors (Lipinski definition) is 17. The molecule has 72 heavy (non-hydrogen) atoms. The highest BCUT2D eigenvalue weighted by Crippen LogP contribution is 2.09. The molecule has 0 aromatic rings. The smallest absolute Gasteiger partial charge is 0.326 e. The molecule has 0 aromatic heterocycles. The fraction of sp³-hybridized carbons (Fsp3) is 0.721. The van der Waals surface area contributed by atoms with E-state index in [4.69, 9.17) is 22.3 Å². The maximum absolute atomic E-state index is 13.6. The minimum absolute atomic E-state index is 0.0305. The maximum atomic E-state index is 13.6. The lowest BCUT2D eigenvalue weighted by atomic mass is 10.0. The highest BCUT2D eigenvalue weighted by Gasteiger charge is 2.34. The van der Waals surface area contributed by atoms with Crippen LogP contribution >= 0.6 is 11.8 Å². The first kappa shape index (κ1) is 65.8. The molecule has 0 saturated heterocycles. The first-order valence-electron chi connectivity index (χ1n) is 23.4. The average Bonchev–Trinajstić information content (AvgIpc) is 3.30. The summed E-state index contributed by atoms with van der Waals surface area (Å²) in [6.45, 7) is 5.15. The van der Waals surface area contributed by atoms with E-state index in [-0.39, 0.29) is 31.7 Å². The van der Waals surface area contributed by atoms with Gasteiger partial charge in [-0.05, 0) is 96.2 Å². The van der Waals surface area contributed by atoms with Crippen LogP contribution in [0.3, 0.4) is 0 Å². The Hall–Kier alpha value is -6.17. The van der Waals surface area contributed by atoms with Crippen molar-refractivity contribution in [1.82, 2.24) is 47.9 Å². The van der Waals surface area contributed by atoms with Gasteiger partial charge in [-0.3, -0.25) is 52.7 Å². The van der Waals surface area contributed by atoms with Crippen LogP contribution < -0.4 is 65.1 Å². The van der Waals surface area contributed by atoms with Crippen LogP contribution in [0.2, 0.25) is 0 Å². The van der Waals surface area contributed by atoms with Crippen molar-refractivity contribution in [1.29, 1.82) is 0 Å². The van der Waals surface area contributed by atoms with Crippen molar-refractivity contribution >= 4 is 82.8 Å². The summed E-state index contributed by atoms with van der Waals surface area (Å²) in [5.74, 6) is -12.5. The van der Waals surface area contributed by atoms with E-state index in [9.17, 15) is 72.9 Å². The minimum atomic E-state index is -1.95. The summed E-state index contributed by atoms with van der Waals surface area (Å²) in [5.41, 5.74) is 17.1. The van der Waals surface area contributed by atoms with Crippen LogP contribution in [-0.4, -0.2) is 184 Å². The number of carboxylic acid groups (broad SMARTS) is 3. The van der Waals surface area contributed by atoms with E-state index >= 15 is 0 Å². The molecular weight excluding hydrogens is 973 g/mol. The largest absolute Gasteiger partial charge is 0.481 e. The Bertz CT molecular complexity index is 1840. The standard InChI is InChI=1S/C43H76N12O16S/c1-22(2)18-29(39(66)48-21-32(58)55-35(24(4)56)42(69)54-30(19-34(61)62)41(68)53-28(43(70)71)12-13-33(59)60)50-31(57)20-47-38(65)26(11-7-9-16-45)52-40(67)27(14-17-72-5)51-36(63)23(3)49-37(64)25(46)10-6-8-15-44/h22-30,35,56H,6-21,44-46H2,1-5H3,(H,47,65)(H,48,66)(H,49,64)(H,50,57)(H,51,63)(H,52,67)(H,53,68)(H,54,69)(H,55,58)(H,59,60)(H,61,62)(H,70,71)/t23-,24+,25-,26-,27-,28-,29-,30-,35-/m0/s1. The van der Waals surface area contributed by atoms with Gasteiger partial charge in [-0.25, -0.2) is 4.79 Å². The Balaban J connectivity index is 5.82. The number of hydrogen-bond donors (Lipinski definition) is 16. The molecule has 0 bridgehead atoms. The van der Waals surface area contributed by atoms with Gasteiger partial charge in [0.2, 0.25) is 53.2 Å². The van der Waals surface area contributed by atoms with Crippen LogP contribution in [0.4, 0.5) is 0 Å². The Morgan fingerprint density at radius 3 is 1.53 bits per heavy atom. The highest BCUT2D eigenvalue weighted by molar-refractivity contribution is 7.98. The zero-order valence-corrected chi connectivity index (χ0v) is 42.2. The van der Waals surface area contributed by atoms with Gasteiger partial charge in [-0.2, -0.15) is 11.8 Å². The van der Waals surface area contributed by atoms with E-state index in [1.807, 2.05) is 10.6 Å². The summed E-state index contributed by atoms with van der Waals surface area (Å²) in [6, 6.07) is -11.1. The topological polar surface area (TPSA) is 472 Å². The van der Waals surface area contributed by atoms with Crippen LogP contribution in [0.1, 0.15) is 98.3 Å². The Kier molecular flexibility index (Phi) is 32.8. The molecule has 0 aromatic carbocycles. The van der Waals surface area contributed by atoms with Crippen LogP contribution in [0.15, 0.2) is 0 Å². The number of amides is 9. The Morgan fingerprint density at radius 1 is 0.514 bits per heavy atom. The lowest BCUT2D eigenvalue weighted by Crippen LogP contribution is -2.59. The molecule has 0 heterocycles. The number of nitrogens with one attached hydrogen (secondary N) is 9. The molecule has 0 aliphatic carbocycles. The SMILES string of the molecule is CSCC[C@H](NC(=O)[C@H](C)NC(=O)[C@@H](N)CCCCN)C(=O)N[C@@H](CCCCN)C(=O)NCC(=O)N[C@@H](CC(C)C)C(=O)NCC(=O)N[C@H](C(=O)N[C@@H](CC(=O)O)C(=O)N[C@@H](CCC(=O)O)C(=O)O)[C@@H](C)O. The Labute approximate surface area is 421 Å². The fourth-order valence-electron chi connectivity index (χ4n) is 6.46. The summed E-state index contributed by atoms with van der Waals surface area (Å²) < 4.78 is 0. The van der Waals surface area contributed by atoms with E-state index in [0.717, 1.165) is 6.92 Å². The van der Waals surface area contributed by atoms with Crippen LogP contribution in [0.25, 0.3) is 0 Å². The average molecular weight is 1050 g/mol. The van der Waals surface area contributed by atoms with E-state index in [2.05, 4.69) is 37.2 Å². The van der Waals surface area contributed by atoms with Crippen molar-refractivity contribution in [3.05, 3.63) is 0 Å². The summed E-state index contributed by atoms with van der Waals surface area (Å²) in [4.78, 5) is 152. The van der Waals surface area contributed by atoms with Crippen LogP contribution in [0, 0.1) is 5.92 Å². The van der Waals surface area contributed by atoms with E-state index in [1.54, 1.807) is 20.1 Å². The first-order valence-corrected chi connectivity index (χ1v) is 24.8. The molecular formula is C43H76N12O16S. The second-order valence-corrected chi connectivity index (χ2v) is 18.3. The zero-order valence-electron chi connectivity index (χ0n) is 41.4. The fourth-order valence-corrected chi connectivity index (χ4v) is 6.93. The number of carbonyl (C=O) groups excluding carboxylic acids is 9. The number of nitrogens with two attached hydrogens (primary N) is 3. The zero-order chi connectivity index (χ0) is 55.1. The summed E-state index contributed by atoms with van der Waals surface area (Å²) in [5, 5.41) is 59.0. The molecule has 0 rings (SSSR count). The minimum Gasteiger partial charge on any atom is -0.481 e. The second-order valence-electron chi connectivity index (χ2n) is 17.3. The lowest BCUT2D eigenvalue weighted by molar-refractivity contribution is -0.144. The number of aliphatic hydroxyl groups is 1. The number of carboxylic acids is 3. The predicted octanol–water partition coefficient (Wildman–Crippen LogP) is -5.18. The molecule has 0 aliphatic heterocycles.